The van der Waals surface area contributed by atoms with E-state index in [9.17, 15) is 8.42 Å². The Morgan fingerprint density at radius 2 is 1.82 bits per heavy atom. The summed E-state index contributed by atoms with van der Waals surface area (Å²) >= 11 is 0. The van der Waals surface area contributed by atoms with Crippen molar-refractivity contribution < 1.29 is 22.7 Å². The summed E-state index contributed by atoms with van der Waals surface area (Å²) in [6.07, 6.45) is 5.58. The number of hydrogen-bond donors (Lipinski definition) is 0. The smallest absolute Gasteiger partial charge is 0.221 e. The number of rotatable bonds is 8. The van der Waals surface area contributed by atoms with Crippen LogP contribution < -0.4 is 9.47 Å². The second-order valence-corrected chi connectivity index (χ2v) is 9.42. The van der Waals surface area contributed by atoms with Gasteiger partial charge in [-0.15, -0.1) is 6.58 Å². The van der Waals surface area contributed by atoms with Crippen LogP contribution in [0.25, 0.3) is 0 Å². The van der Waals surface area contributed by atoms with Crippen molar-refractivity contribution in [1.82, 2.24) is 9.37 Å². The van der Waals surface area contributed by atoms with Crippen LogP contribution in [0.1, 0.15) is 37.3 Å². The number of nitrogens with zero attached hydrogens (tertiary/aromatic N) is 2. The van der Waals surface area contributed by atoms with Gasteiger partial charge < -0.3 is 9.47 Å². The predicted molar refractivity (Wildman–Crippen MR) is 108 cm³/mol. The highest BCUT2D eigenvalue weighted by atomic mass is 32.2. The molecule has 1 saturated carbocycles. The summed E-state index contributed by atoms with van der Waals surface area (Å²) in [5, 5.41) is 0.909. The number of hydroxylamine groups is 2. The molecule has 156 valence electrons. The maximum atomic E-state index is 13.7. The fraction of sp³-hybridized carbons (Fsp3) is 0.600. The molecule has 3 rings (SSSR count). The van der Waals surface area contributed by atoms with E-state index in [4.69, 9.17) is 14.3 Å². The number of methoxy groups -OCH3 is 2. The van der Waals surface area contributed by atoms with Gasteiger partial charge in [0.1, 0.15) is 16.7 Å². The first kappa shape index (κ1) is 21.1. The molecule has 2 fully saturated rings. The van der Waals surface area contributed by atoms with Gasteiger partial charge in [0.15, 0.2) is 0 Å². The van der Waals surface area contributed by atoms with Crippen molar-refractivity contribution in [3.8, 4) is 11.5 Å². The maximum Gasteiger partial charge on any atom is 0.221 e. The van der Waals surface area contributed by atoms with Gasteiger partial charge in [-0.1, -0.05) is 18.9 Å². The molecule has 0 radical (unpaired) electrons. The minimum absolute atomic E-state index is 0.0365. The van der Waals surface area contributed by atoms with Crippen LogP contribution in [0.4, 0.5) is 0 Å². The van der Waals surface area contributed by atoms with Crippen molar-refractivity contribution in [3.63, 3.8) is 0 Å². The Morgan fingerprint density at radius 3 is 2.36 bits per heavy atom. The molecule has 1 aliphatic carbocycles. The second kappa shape index (κ2) is 8.82. The van der Waals surface area contributed by atoms with E-state index in [1.165, 1.54) is 0 Å². The highest BCUT2D eigenvalue weighted by molar-refractivity contribution is 7.89. The van der Waals surface area contributed by atoms with E-state index >= 15 is 0 Å². The number of hydrogen-bond acceptors (Lipinski definition) is 6. The van der Waals surface area contributed by atoms with Crippen molar-refractivity contribution in [2.45, 2.75) is 43.0 Å². The Bertz CT molecular complexity index is 770. The number of ether oxygens (including phenoxy) is 2. The van der Waals surface area contributed by atoms with Gasteiger partial charge in [0.25, 0.3) is 0 Å². The Labute approximate surface area is 167 Å². The summed E-state index contributed by atoms with van der Waals surface area (Å²) in [7, 11) is 1.32. The van der Waals surface area contributed by atoms with Gasteiger partial charge in [0.05, 0.1) is 26.9 Å². The molecule has 8 heteroatoms. The molecule has 1 heterocycles. The van der Waals surface area contributed by atoms with E-state index in [0.717, 1.165) is 31.2 Å². The minimum atomic E-state index is -3.60. The van der Waals surface area contributed by atoms with E-state index in [1.54, 1.807) is 42.8 Å². The molecule has 1 saturated heterocycles. The zero-order valence-electron chi connectivity index (χ0n) is 16.8. The summed E-state index contributed by atoms with van der Waals surface area (Å²) in [5.74, 6) is 1.23. The quantitative estimate of drug-likeness (QED) is 0.614. The van der Waals surface area contributed by atoms with Crippen molar-refractivity contribution in [2.75, 3.05) is 34.4 Å². The van der Waals surface area contributed by atoms with Crippen LogP contribution in [0.5, 0.6) is 11.5 Å². The first-order chi connectivity index (χ1) is 13.4. The van der Waals surface area contributed by atoms with E-state index in [0.29, 0.717) is 18.0 Å². The SMILES string of the molecule is C=CCN(C1CCCC1)S(=O)(=O)C1CON(C)C1c1cc(OC)cc(OC)c1. The van der Waals surface area contributed by atoms with Crippen LogP contribution in [0, 0.1) is 0 Å². The van der Waals surface area contributed by atoms with Gasteiger partial charge in [0, 0.05) is 25.7 Å². The Morgan fingerprint density at radius 1 is 1.21 bits per heavy atom. The van der Waals surface area contributed by atoms with Gasteiger partial charge >= 0.3 is 0 Å². The summed E-state index contributed by atoms with van der Waals surface area (Å²) in [4.78, 5) is 5.68. The fourth-order valence-corrected chi connectivity index (χ4v) is 6.40. The summed E-state index contributed by atoms with van der Waals surface area (Å²) in [6.45, 7) is 4.20. The lowest BCUT2D eigenvalue weighted by Gasteiger charge is -2.32. The lowest BCUT2D eigenvalue weighted by atomic mass is 10.0. The third-order valence-corrected chi connectivity index (χ3v) is 7.91. The highest BCUT2D eigenvalue weighted by Gasteiger charge is 2.47. The normalized spacial score (nSPS) is 24.0. The highest BCUT2D eigenvalue weighted by Crippen LogP contribution is 2.39. The molecule has 28 heavy (non-hydrogen) atoms. The lowest BCUT2D eigenvalue weighted by Crippen LogP contribution is -2.46. The first-order valence-corrected chi connectivity index (χ1v) is 11.1. The third kappa shape index (κ3) is 4.05. The van der Waals surface area contributed by atoms with Gasteiger partial charge in [-0.25, -0.2) is 8.42 Å². The van der Waals surface area contributed by atoms with Crippen LogP contribution in [0.15, 0.2) is 30.9 Å². The minimum Gasteiger partial charge on any atom is -0.497 e. The first-order valence-electron chi connectivity index (χ1n) is 9.62. The van der Waals surface area contributed by atoms with E-state index < -0.39 is 21.3 Å². The molecule has 2 atom stereocenters. The zero-order valence-corrected chi connectivity index (χ0v) is 17.7. The number of benzene rings is 1. The molecule has 0 spiro atoms. The molecular formula is C20H30N2O5S. The van der Waals surface area contributed by atoms with Crippen molar-refractivity contribution in [1.29, 1.82) is 0 Å². The summed E-state index contributed by atoms with van der Waals surface area (Å²) in [6, 6.07) is 5.03. The maximum absolute atomic E-state index is 13.7. The zero-order chi connectivity index (χ0) is 20.3. The molecule has 7 nitrogen and oxygen atoms in total. The van der Waals surface area contributed by atoms with E-state index in [-0.39, 0.29) is 12.6 Å². The molecule has 0 bridgehead atoms. The molecule has 1 aromatic carbocycles. The fourth-order valence-electron chi connectivity index (χ4n) is 4.22. The van der Waals surface area contributed by atoms with Crippen LogP contribution >= 0.6 is 0 Å². The van der Waals surface area contributed by atoms with Crippen LogP contribution in [-0.4, -0.2) is 63.5 Å². The Balaban J connectivity index is 1.98. The molecule has 2 aliphatic rings. The van der Waals surface area contributed by atoms with Gasteiger partial charge in [0.2, 0.25) is 10.0 Å². The van der Waals surface area contributed by atoms with E-state index in [2.05, 4.69) is 6.58 Å². The lowest BCUT2D eigenvalue weighted by molar-refractivity contribution is -0.110. The Hall–Kier alpha value is -1.61. The summed E-state index contributed by atoms with van der Waals surface area (Å²) < 4.78 is 39.7. The van der Waals surface area contributed by atoms with E-state index in [1.807, 2.05) is 12.1 Å². The van der Waals surface area contributed by atoms with Crippen molar-refractivity contribution in [3.05, 3.63) is 36.4 Å². The topological polar surface area (TPSA) is 68.3 Å². The third-order valence-electron chi connectivity index (χ3n) is 5.65. The molecule has 0 N–H and O–H groups in total. The van der Waals surface area contributed by atoms with Crippen molar-refractivity contribution >= 4 is 10.0 Å². The monoisotopic (exact) mass is 410 g/mol. The largest absolute Gasteiger partial charge is 0.497 e. The average Bonchev–Trinajstić information content (AvgIpc) is 3.35. The number of sulfonamides is 1. The molecule has 1 aliphatic heterocycles. The van der Waals surface area contributed by atoms with Crippen LogP contribution in [-0.2, 0) is 14.9 Å². The predicted octanol–water partition coefficient (Wildman–Crippen LogP) is 2.75. The van der Waals surface area contributed by atoms with Gasteiger partial charge in [-0.05, 0) is 30.5 Å². The average molecular weight is 411 g/mol. The molecule has 0 amide bonds. The van der Waals surface area contributed by atoms with Crippen LogP contribution in [0.2, 0.25) is 0 Å². The molecular weight excluding hydrogens is 380 g/mol. The summed E-state index contributed by atoms with van der Waals surface area (Å²) in [5.41, 5.74) is 0.787. The molecule has 1 aromatic rings. The van der Waals surface area contributed by atoms with Crippen molar-refractivity contribution in [2.24, 2.45) is 0 Å². The standard InChI is InChI=1S/C20H30N2O5S/c1-5-10-22(16-8-6-7-9-16)28(23,24)19-14-27-21(2)20(19)15-11-17(25-3)13-18(12-15)26-4/h5,11-13,16,19-20H,1,6-10,14H2,2-4H3. The molecule has 2 unspecified atom stereocenters. The van der Waals surface area contributed by atoms with Gasteiger partial charge in [-0.3, -0.25) is 4.84 Å². The Kier molecular flexibility index (Phi) is 6.65. The van der Waals surface area contributed by atoms with Crippen LogP contribution in [0.3, 0.4) is 0 Å². The molecule has 0 aromatic heterocycles. The van der Waals surface area contributed by atoms with Gasteiger partial charge in [-0.2, -0.15) is 9.37 Å². The second-order valence-electron chi connectivity index (χ2n) is 7.31.